The average molecular weight is 161 g/mol. The molecule has 2 heterocycles. The van der Waals surface area contributed by atoms with E-state index >= 15 is 0 Å². The van der Waals surface area contributed by atoms with Gasteiger partial charge in [-0.15, -0.1) is 0 Å². The lowest BCUT2D eigenvalue weighted by Crippen LogP contribution is -1.94. The fraction of sp³-hybridized carbons (Fsp3) is 0.333. The first-order chi connectivity index (χ1) is 5.66. The first-order valence-electron chi connectivity index (χ1n) is 3.97. The average Bonchev–Trinajstić information content (AvgIpc) is 2.30. The van der Waals surface area contributed by atoms with Crippen LogP contribution in [0, 0.1) is 20.8 Å². The second-order valence-electron chi connectivity index (χ2n) is 3.10. The molecule has 0 aliphatic carbocycles. The van der Waals surface area contributed by atoms with Crippen LogP contribution in [-0.4, -0.2) is 14.6 Å². The van der Waals surface area contributed by atoms with Crippen LogP contribution in [0.1, 0.15) is 17.0 Å². The van der Waals surface area contributed by atoms with E-state index in [4.69, 9.17) is 0 Å². The Morgan fingerprint density at radius 1 is 1.25 bits per heavy atom. The second kappa shape index (κ2) is 2.30. The zero-order chi connectivity index (χ0) is 8.72. The third-order valence-electron chi connectivity index (χ3n) is 2.01. The SMILES string of the molecule is Cc1cc2nc(C)c(C)cn2n1. The Balaban J connectivity index is 2.83. The highest BCUT2D eigenvalue weighted by Crippen LogP contribution is 2.07. The number of hydrogen-bond acceptors (Lipinski definition) is 2. The minimum Gasteiger partial charge on any atom is -0.234 e. The molecule has 2 rings (SSSR count). The molecule has 0 amide bonds. The van der Waals surface area contributed by atoms with Crippen LogP contribution in [0.25, 0.3) is 5.65 Å². The molecule has 2 aromatic heterocycles. The van der Waals surface area contributed by atoms with Crippen molar-refractivity contribution in [2.24, 2.45) is 0 Å². The van der Waals surface area contributed by atoms with Crippen LogP contribution in [0.3, 0.4) is 0 Å². The topological polar surface area (TPSA) is 30.2 Å². The number of hydrogen-bond donors (Lipinski definition) is 0. The fourth-order valence-corrected chi connectivity index (χ4v) is 1.22. The molecule has 0 atom stereocenters. The predicted octanol–water partition coefficient (Wildman–Crippen LogP) is 1.65. The summed E-state index contributed by atoms with van der Waals surface area (Å²) < 4.78 is 1.82. The summed E-state index contributed by atoms with van der Waals surface area (Å²) in [6.45, 7) is 6.02. The normalized spacial score (nSPS) is 10.9. The van der Waals surface area contributed by atoms with Gasteiger partial charge in [0, 0.05) is 18.0 Å². The molecule has 0 bridgehead atoms. The molecule has 0 radical (unpaired) electrons. The highest BCUT2D eigenvalue weighted by Gasteiger charge is 2.00. The summed E-state index contributed by atoms with van der Waals surface area (Å²) >= 11 is 0. The number of fused-ring (bicyclic) bond motifs is 1. The van der Waals surface area contributed by atoms with Crippen molar-refractivity contribution in [1.82, 2.24) is 14.6 Å². The summed E-state index contributed by atoms with van der Waals surface area (Å²) in [5, 5.41) is 4.27. The van der Waals surface area contributed by atoms with Crippen LogP contribution in [0.4, 0.5) is 0 Å². The lowest BCUT2D eigenvalue weighted by Gasteiger charge is -1.98. The zero-order valence-electron chi connectivity index (χ0n) is 7.50. The molecule has 0 saturated heterocycles. The van der Waals surface area contributed by atoms with Gasteiger partial charge in [0.1, 0.15) is 0 Å². The van der Waals surface area contributed by atoms with E-state index in [1.807, 2.05) is 37.5 Å². The molecule has 0 N–H and O–H groups in total. The Labute approximate surface area is 71.1 Å². The summed E-state index contributed by atoms with van der Waals surface area (Å²) in [5.74, 6) is 0. The van der Waals surface area contributed by atoms with E-state index in [2.05, 4.69) is 10.1 Å². The Bertz CT molecular complexity index is 390. The molecule has 3 nitrogen and oxygen atoms in total. The van der Waals surface area contributed by atoms with Gasteiger partial charge >= 0.3 is 0 Å². The van der Waals surface area contributed by atoms with Crippen molar-refractivity contribution < 1.29 is 0 Å². The summed E-state index contributed by atoms with van der Waals surface area (Å²) in [6.07, 6.45) is 2.00. The standard InChI is InChI=1S/C9H11N3/c1-6-5-12-9(10-8(6)3)4-7(2)11-12/h4-5H,1-3H3. The number of nitrogens with zero attached hydrogens (tertiary/aromatic N) is 3. The van der Waals surface area contributed by atoms with Gasteiger partial charge in [0.15, 0.2) is 5.65 Å². The molecule has 62 valence electrons. The van der Waals surface area contributed by atoms with E-state index in [0.717, 1.165) is 17.0 Å². The molecular weight excluding hydrogens is 150 g/mol. The first-order valence-corrected chi connectivity index (χ1v) is 3.97. The van der Waals surface area contributed by atoms with E-state index in [9.17, 15) is 0 Å². The summed E-state index contributed by atoms with van der Waals surface area (Å²) in [6, 6.07) is 1.98. The first kappa shape index (κ1) is 7.28. The summed E-state index contributed by atoms with van der Waals surface area (Å²) in [5.41, 5.74) is 4.18. The lowest BCUT2D eigenvalue weighted by atomic mass is 10.3. The number of aromatic nitrogens is 3. The van der Waals surface area contributed by atoms with Crippen LogP contribution in [-0.2, 0) is 0 Å². The van der Waals surface area contributed by atoms with E-state index < -0.39 is 0 Å². The summed E-state index contributed by atoms with van der Waals surface area (Å²) in [4.78, 5) is 4.40. The highest BCUT2D eigenvalue weighted by atomic mass is 15.2. The van der Waals surface area contributed by atoms with Gasteiger partial charge in [-0.2, -0.15) is 5.10 Å². The van der Waals surface area contributed by atoms with Gasteiger partial charge in [0.2, 0.25) is 0 Å². The fourth-order valence-electron chi connectivity index (χ4n) is 1.22. The van der Waals surface area contributed by atoms with Gasteiger partial charge in [-0.25, -0.2) is 9.50 Å². The van der Waals surface area contributed by atoms with Crippen LogP contribution in [0.2, 0.25) is 0 Å². The maximum atomic E-state index is 4.40. The lowest BCUT2D eigenvalue weighted by molar-refractivity contribution is 0.897. The zero-order valence-corrected chi connectivity index (χ0v) is 7.50. The molecule has 0 aromatic carbocycles. The van der Waals surface area contributed by atoms with Gasteiger partial charge < -0.3 is 0 Å². The van der Waals surface area contributed by atoms with Crippen LogP contribution >= 0.6 is 0 Å². The largest absolute Gasteiger partial charge is 0.234 e. The minimum atomic E-state index is 0.926. The Hall–Kier alpha value is -1.38. The monoisotopic (exact) mass is 161 g/mol. The van der Waals surface area contributed by atoms with Crippen molar-refractivity contribution >= 4 is 5.65 Å². The van der Waals surface area contributed by atoms with Gasteiger partial charge in [-0.1, -0.05) is 0 Å². The summed E-state index contributed by atoms with van der Waals surface area (Å²) in [7, 11) is 0. The molecule has 0 aliphatic rings. The molecule has 0 fully saturated rings. The number of aryl methyl sites for hydroxylation is 3. The van der Waals surface area contributed by atoms with E-state index in [-0.39, 0.29) is 0 Å². The predicted molar refractivity (Wildman–Crippen MR) is 47.2 cm³/mol. The van der Waals surface area contributed by atoms with Gasteiger partial charge in [0.05, 0.1) is 5.69 Å². The number of rotatable bonds is 0. The molecule has 12 heavy (non-hydrogen) atoms. The maximum absolute atomic E-state index is 4.40. The Kier molecular flexibility index (Phi) is 1.40. The Morgan fingerprint density at radius 3 is 2.75 bits per heavy atom. The highest BCUT2D eigenvalue weighted by molar-refractivity contribution is 5.40. The molecule has 2 aromatic rings. The molecular formula is C9H11N3. The van der Waals surface area contributed by atoms with Crippen molar-refractivity contribution in [3.63, 3.8) is 0 Å². The van der Waals surface area contributed by atoms with Crippen LogP contribution in [0.15, 0.2) is 12.3 Å². The molecule has 3 heteroatoms. The molecule has 0 unspecified atom stereocenters. The van der Waals surface area contributed by atoms with Crippen molar-refractivity contribution in [3.05, 3.63) is 29.2 Å². The van der Waals surface area contributed by atoms with Crippen LogP contribution in [0.5, 0.6) is 0 Å². The Morgan fingerprint density at radius 2 is 2.00 bits per heavy atom. The molecule has 0 spiro atoms. The molecule has 0 saturated carbocycles. The van der Waals surface area contributed by atoms with Crippen LogP contribution < -0.4 is 0 Å². The van der Waals surface area contributed by atoms with Crippen molar-refractivity contribution in [1.29, 1.82) is 0 Å². The quantitative estimate of drug-likeness (QED) is 0.588. The van der Waals surface area contributed by atoms with Crippen molar-refractivity contribution in [2.75, 3.05) is 0 Å². The third-order valence-corrected chi connectivity index (χ3v) is 2.01. The van der Waals surface area contributed by atoms with Gasteiger partial charge in [0.25, 0.3) is 0 Å². The van der Waals surface area contributed by atoms with Gasteiger partial charge in [-0.05, 0) is 26.3 Å². The van der Waals surface area contributed by atoms with E-state index in [1.54, 1.807) is 0 Å². The van der Waals surface area contributed by atoms with E-state index in [1.165, 1.54) is 5.56 Å². The molecule has 0 aliphatic heterocycles. The van der Waals surface area contributed by atoms with Crippen molar-refractivity contribution in [2.45, 2.75) is 20.8 Å². The van der Waals surface area contributed by atoms with Crippen molar-refractivity contribution in [3.8, 4) is 0 Å². The van der Waals surface area contributed by atoms with Gasteiger partial charge in [-0.3, -0.25) is 0 Å². The van der Waals surface area contributed by atoms with E-state index in [0.29, 0.717) is 0 Å². The smallest absolute Gasteiger partial charge is 0.155 e. The third kappa shape index (κ3) is 0.978. The maximum Gasteiger partial charge on any atom is 0.155 e. The second-order valence-corrected chi connectivity index (χ2v) is 3.10. The minimum absolute atomic E-state index is 0.926.